The molecule has 2 N–H and O–H groups in total. The molecule has 0 bridgehead atoms. The number of aromatic nitrogens is 4. The molecule has 90 valence electrons. The molecule has 17 heavy (non-hydrogen) atoms. The van der Waals surface area contributed by atoms with Crippen molar-refractivity contribution < 1.29 is 0 Å². The van der Waals surface area contributed by atoms with Gasteiger partial charge in [-0.25, -0.2) is 15.0 Å². The van der Waals surface area contributed by atoms with Crippen LogP contribution in [-0.2, 0) is 13.6 Å². The lowest BCUT2D eigenvalue weighted by Gasteiger charge is -2.08. The zero-order valence-electron chi connectivity index (χ0n) is 10.2. The van der Waals surface area contributed by atoms with Crippen molar-refractivity contribution in [3.8, 4) is 0 Å². The Hall–Kier alpha value is -2.11. The Morgan fingerprint density at radius 2 is 2.06 bits per heavy atom. The number of imidazole rings is 1. The van der Waals surface area contributed by atoms with E-state index in [9.17, 15) is 0 Å². The lowest BCUT2D eigenvalue weighted by molar-refractivity contribution is 0.809. The highest BCUT2D eigenvalue weighted by atomic mass is 15.1. The standard InChI is InChI=1S/C11H16N6/c1-8-15-9(12-2)6-10(16-8)14-7-11-13-4-5-17(11)3/h4-6H,7H2,1-3H3,(H2,12,14,15,16). The zero-order valence-corrected chi connectivity index (χ0v) is 10.2. The van der Waals surface area contributed by atoms with Crippen molar-refractivity contribution in [2.45, 2.75) is 13.5 Å². The van der Waals surface area contributed by atoms with Gasteiger partial charge in [-0.1, -0.05) is 0 Å². The van der Waals surface area contributed by atoms with Crippen LogP contribution >= 0.6 is 0 Å². The Kier molecular flexibility index (Phi) is 3.22. The van der Waals surface area contributed by atoms with Crippen LogP contribution in [0.4, 0.5) is 11.6 Å². The number of nitrogens with zero attached hydrogens (tertiary/aromatic N) is 4. The van der Waals surface area contributed by atoms with Gasteiger partial charge in [0.2, 0.25) is 0 Å². The van der Waals surface area contributed by atoms with Crippen molar-refractivity contribution >= 4 is 11.6 Å². The highest BCUT2D eigenvalue weighted by molar-refractivity contribution is 5.47. The highest BCUT2D eigenvalue weighted by Gasteiger charge is 2.02. The van der Waals surface area contributed by atoms with Crippen LogP contribution in [0.15, 0.2) is 18.5 Å². The molecule has 2 rings (SSSR count). The normalized spacial score (nSPS) is 10.3. The predicted molar refractivity (Wildman–Crippen MR) is 66.9 cm³/mol. The second kappa shape index (κ2) is 4.82. The number of rotatable bonds is 4. The first-order valence-corrected chi connectivity index (χ1v) is 5.42. The summed E-state index contributed by atoms with van der Waals surface area (Å²) in [4.78, 5) is 12.8. The smallest absolute Gasteiger partial charge is 0.132 e. The zero-order chi connectivity index (χ0) is 12.3. The van der Waals surface area contributed by atoms with Gasteiger partial charge in [0.15, 0.2) is 0 Å². The molecule has 0 aliphatic rings. The summed E-state index contributed by atoms with van der Waals surface area (Å²) in [6.45, 7) is 2.51. The Morgan fingerprint density at radius 1 is 1.29 bits per heavy atom. The average molecular weight is 232 g/mol. The van der Waals surface area contributed by atoms with E-state index in [1.165, 1.54) is 0 Å². The molecule has 0 spiro atoms. The molecule has 0 unspecified atom stereocenters. The summed E-state index contributed by atoms with van der Waals surface area (Å²) in [5, 5.41) is 6.23. The fourth-order valence-electron chi connectivity index (χ4n) is 1.52. The van der Waals surface area contributed by atoms with Crippen LogP contribution < -0.4 is 10.6 Å². The predicted octanol–water partition coefficient (Wildman–Crippen LogP) is 1.17. The van der Waals surface area contributed by atoms with Gasteiger partial charge in [0.25, 0.3) is 0 Å². The first-order chi connectivity index (χ1) is 8.19. The van der Waals surface area contributed by atoms with E-state index < -0.39 is 0 Å². The molecular weight excluding hydrogens is 216 g/mol. The number of anilines is 2. The summed E-state index contributed by atoms with van der Waals surface area (Å²) in [5.41, 5.74) is 0. The Bertz CT molecular complexity index is 504. The van der Waals surface area contributed by atoms with Crippen LogP contribution in [0, 0.1) is 6.92 Å². The third-order valence-electron chi connectivity index (χ3n) is 2.44. The number of hydrogen-bond donors (Lipinski definition) is 2. The van der Waals surface area contributed by atoms with E-state index in [-0.39, 0.29) is 0 Å². The van der Waals surface area contributed by atoms with Crippen LogP contribution in [0.5, 0.6) is 0 Å². The molecule has 0 saturated carbocycles. The molecular formula is C11H16N6. The van der Waals surface area contributed by atoms with Gasteiger partial charge in [-0.2, -0.15) is 0 Å². The summed E-state index contributed by atoms with van der Waals surface area (Å²) in [5.74, 6) is 3.30. The number of aryl methyl sites for hydroxylation is 2. The van der Waals surface area contributed by atoms with Crippen molar-refractivity contribution in [1.82, 2.24) is 19.5 Å². The molecule has 0 saturated heterocycles. The molecule has 0 atom stereocenters. The third kappa shape index (κ3) is 2.72. The van der Waals surface area contributed by atoms with Crippen LogP contribution in [0.25, 0.3) is 0 Å². The average Bonchev–Trinajstić information content (AvgIpc) is 2.71. The fraction of sp³-hybridized carbons (Fsp3) is 0.364. The van der Waals surface area contributed by atoms with Gasteiger partial charge < -0.3 is 15.2 Å². The molecule has 2 aromatic heterocycles. The SMILES string of the molecule is CNc1cc(NCc2nccn2C)nc(C)n1. The summed E-state index contributed by atoms with van der Waals surface area (Å²) in [7, 11) is 3.80. The lowest BCUT2D eigenvalue weighted by Crippen LogP contribution is -2.08. The first-order valence-electron chi connectivity index (χ1n) is 5.42. The van der Waals surface area contributed by atoms with E-state index in [2.05, 4.69) is 25.6 Å². The second-order valence-electron chi connectivity index (χ2n) is 3.74. The molecule has 0 amide bonds. The van der Waals surface area contributed by atoms with Crippen molar-refractivity contribution in [2.24, 2.45) is 7.05 Å². The molecule has 2 heterocycles. The summed E-state index contributed by atoms with van der Waals surface area (Å²) < 4.78 is 1.97. The van der Waals surface area contributed by atoms with Crippen molar-refractivity contribution in [3.05, 3.63) is 30.1 Å². The quantitative estimate of drug-likeness (QED) is 0.828. The van der Waals surface area contributed by atoms with Gasteiger partial charge in [0.05, 0.1) is 6.54 Å². The molecule has 6 heteroatoms. The molecule has 6 nitrogen and oxygen atoms in total. The molecule has 0 radical (unpaired) electrons. The number of hydrogen-bond acceptors (Lipinski definition) is 5. The van der Waals surface area contributed by atoms with Gasteiger partial charge in [0.1, 0.15) is 23.3 Å². The Balaban J connectivity index is 2.09. The van der Waals surface area contributed by atoms with Crippen LogP contribution in [0.1, 0.15) is 11.6 Å². The molecule has 0 aliphatic heterocycles. The molecule has 2 aromatic rings. The van der Waals surface area contributed by atoms with E-state index in [0.717, 1.165) is 23.3 Å². The summed E-state index contributed by atoms with van der Waals surface area (Å²) >= 11 is 0. The Morgan fingerprint density at radius 3 is 2.71 bits per heavy atom. The largest absolute Gasteiger partial charge is 0.373 e. The van der Waals surface area contributed by atoms with Gasteiger partial charge in [-0.15, -0.1) is 0 Å². The maximum Gasteiger partial charge on any atom is 0.132 e. The molecule has 0 aromatic carbocycles. The maximum atomic E-state index is 4.31. The Labute approximate surface area is 100 Å². The fourth-order valence-corrected chi connectivity index (χ4v) is 1.52. The van der Waals surface area contributed by atoms with E-state index >= 15 is 0 Å². The van der Waals surface area contributed by atoms with Crippen LogP contribution in [0.2, 0.25) is 0 Å². The first kappa shape index (κ1) is 11.4. The summed E-state index contributed by atoms with van der Waals surface area (Å²) in [6, 6.07) is 1.87. The van der Waals surface area contributed by atoms with Crippen molar-refractivity contribution in [2.75, 3.05) is 17.7 Å². The van der Waals surface area contributed by atoms with E-state index in [1.807, 2.05) is 37.8 Å². The van der Waals surface area contributed by atoms with Crippen molar-refractivity contribution in [3.63, 3.8) is 0 Å². The van der Waals surface area contributed by atoms with E-state index in [0.29, 0.717) is 6.54 Å². The minimum absolute atomic E-state index is 0.642. The van der Waals surface area contributed by atoms with E-state index in [1.54, 1.807) is 6.20 Å². The van der Waals surface area contributed by atoms with Gasteiger partial charge >= 0.3 is 0 Å². The monoisotopic (exact) mass is 232 g/mol. The molecule has 0 aliphatic carbocycles. The van der Waals surface area contributed by atoms with Crippen molar-refractivity contribution in [1.29, 1.82) is 0 Å². The molecule has 0 fully saturated rings. The van der Waals surface area contributed by atoms with Gasteiger partial charge in [-0.05, 0) is 6.92 Å². The van der Waals surface area contributed by atoms with E-state index in [4.69, 9.17) is 0 Å². The van der Waals surface area contributed by atoms with Crippen LogP contribution in [-0.4, -0.2) is 26.6 Å². The second-order valence-corrected chi connectivity index (χ2v) is 3.74. The minimum Gasteiger partial charge on any atom is -0.373 e. The number of nitrogens with one attached hydrogen (secondary N) is 2. The third-order valence-corrected chi connectivity index (χ3v) is 2.44. The maximum absolute atomic E-state index is 4.31. The highest BCUT2D eigenvalue weighted by Crippen LogP contribution is 2.11. The topological polar surface area (TPSA) is 67.7 Å². The van der Waals surface area contributed by atoms with Gasteiger partial charge in [-0.3, -0.25) is 0 Å². The lowest BCUT2D eigenvalue weighted by atomic mass is 10.4. The van der Waals surface area contributed by atoms with Gasteiger partial charge in [0, 0.05) is 32.6 Å². The summed E-state index contributed by atoms with van der Waals surface area (Å²) in [6.07, 6.45) is 3.70. The van der Waals surface area contributed by atoms with Crippen LogP contribution in [0.3, 0.4) is 0 Å². The minimum atomic E-state index is 0.642.